The van der Waals surface area contributed by atoms with E-state index in [4.69, 9.17) is 11.5 Å². The maximum Gasteiger partial charge on any atom is 0.137 e. The molecule has 2 aromatic rings. The molecule has 82 valence electrons. The maximum atomic E-state index is 5.85. The van der Waals surface area contributed by atoms with Gasteiger partial charge in [-0.1, -0.05) is 0 Å². The molecule has 0 aliphatic heterocycles. The molecule has 5 nitrogen and oxygen atoms in total. The molecular weight excluding hydrogens is 202 g/mol. The van der Waals surface area contributed by atoms with Gasteiger partial charge in [-0.15, -0.1) is 0 Å². The summed E-state index contributed by atoms with van der Waals surface area (Å²) in [5.74, 6) is 0.435. The first-order valence-corrected chi connectivity index (χ1v) is 4.86. The Bertz CT molecular complexity index is 565. The van der Waals surface area contributed by atoms with Crippen molar-refractivity contribution in [3.8, 4) is 0 Å². The summed E-state index contributed by atoms with van der Waals surface area (Å²) in [7, 11) is 0. The molecule has 2 rings (SSSR count). The maximum absolute atomic E-state index is 5.85. The van der Waals surface area contributed by atoms with Gasteiger partial charge in [0, 0.05) is 30.4 Å². The average Bonchev–Trinajstić information content (AvgIpc) is 2.75. The zero-order valence-electron chi connectivity index (χ0n) is 8.96. The van der Waals surface area contributed by atoms with Crippen LogP contribution in [0.5, 0.6) is 0 Å². The Morgan fingerprint density at radius 3 is 3.06 bits per heavy atom. The molecule has 4 N–H and O–H groups in total. The summed E-state index contributed by atoms with van der Waals surface area (Å²) in [5, 5.41) is 0. The fourth-order valence-electron chi connectivity index (χ4n) is 1.36. The second-order valence-electron chi connectivity index (χ2n) is 3.41. The molecule has 0 bridgehead atoms. The quantitative estimate of drug-likeness (QED) is 0.575. The first-order valence-electron chi connectivity index (χ1n) is 4.86. The Morgan fingerprint density at radius 1 is 1.50 bits per heavy atom. The minimum absolute atomic E-state index is 0.435. The summed E-state index contributed by atoms with van der Waals surface area (Å²) in [4.78, 5) is 8.32. The van der Waals surface area contributed by atoms with Gasteiger partial charge in [0.15, 0.2) is 0 Å². The van der Waals surface area contributed by atoms with E-state index in [9.17, 15) is 0 Å². The van der Waals surface area contributed by atoms with Gasteiger partial charge in [-0.3, -0.25) is 0 Å². The van der Waals surface area contributed by atoms with Crippen LogP contribution >= 0.6 is 0 Å². The van der Waals surface area contributed by atoms with Crippen molar-refractivity contribution in [3.63, 3.8) is 0 Å². The monoisotopic (exact) mass is 215 g/mol. The number of allylic oxidation sites excluding steroid dienone is 1. The number of pyridine rings is 1. The number of rotatable bonds is 2. The van der Waals surface area contributed by atoms with Gasteiger partial charge in [0.1, 0.15) is 11.5 Å². The van der Waals surface area contributed by atoms with Crippen LogP contribution in [-0.4, -0.2) is 15.2 Å². The highest BCUT2D eigenvalue weighted by molar-refractivity contribution is 5.98. The van der Waals surface area contributed by atoms with Crippen LogP contribution in [0.1, 0.15) is 12.5 Å². The number of nitrogens with zero attached hydrogens (tertiary/aromatic N) is 3. The Balaban J connectivity index is 2.43. The van der Waals surface area contributed by atoms with E-state index in [2.05, 4.69) is 9.98 Å². The zero-order chi connectivity index (χ0) is 11.5. The highest BCUT2D eigenvalue weighted by Crippen LogP contribution is 2.06. The minimum Gasteiger partial charge on any atom is -0.403 e. The SMILES string of the molecule is C/C(=C/N)N=C(N)c1ccn2ccnc2c1. The molecule has 0 saturated carbocycles. The number of aliphatic imine (C=N–C) groups is 1. The standard InChI is InChI=1S/C11H13N5/c1-8(7-12)15-11(13)9-2-4-16-5-3-14-10(16)6-9/h2-7H,12H2,1H3,(H2,13,15)/b8-7-. The second-order valence-corrected chi connectivity index (χ2v) is 3.41. The second kappa shape index (κ2) is 4.06. The van der Waals surface area contributed by atoms with E-state index in [0.29, 0.717) is 11.5 Å². The van der Waals surface area contributed by atoms with Crippen LogP contribution in [0.2, 0.25) is 0 Å². The zero-order valence-corrected chi connectivity index (χ0v) is 8.96. The molecule has 0 radical (unpaired) electrons. The Labute approximate surface area is 93.1 Å². The summed E-state index contributed by atoms with van der Waals surface area (Å²) < 4.78 is 1.91. The van der Waals surface area contributed by atoms with E-state index < -0.39 is 0 Å². The Kier molecular flexibility index (Phi) is 2.59. The van der Waals surface area contributed by atoms with Gasteiger partial charge in [0.25, 0.3) is 0 Å². The van der Waals surface area contributed by atoms with Crippen molar-refractivity contribution >= 4 is 11.5 Å². The molecule has 0 aliphatic rings. The topological polar surface area (TPSA) is 81.7 Å². The summed E-state index contributed by atoms with van der Waals surface area (Å²) in [5.41, 5.74) is 13.5. The van der Waals surface area contributed by atoms with Gasteiger partial charge in [-0.25, -0.2) is 9.98 Å². The Hall–Kier alpha value is -2.30. The molecule has 0 amide bonds. The van der Waals surface area contributed by atoms with E-state index in [1.54, 1.807) is 13.1 Å². The summed E-state index contributed by atoms with van der Waals surface area (Å²) >= 11 is 0. The van der Waals surface area contributed by atoms with Crippen LogP contribution in [0.25, 0.3) is 5.65 Å². The number of nitrogens with two attached hydrogens (primary N) is 2. The smallest absolute Gasteiger partial charge is 0.137 e. The van der Waals surface area contributed by atoms with Crippen LogP contribution in [-0.2, 0) is 0 Å². The highest BCUT2D eigenvalue weighted by atomic mass is 15.0. The fraction of sp³-hybridized carbons (Fsp3) is 0.0909. The van der Waals surface area contributed by atoms with E-state index in [1.807, 2.05) is 28.9 Å². The van der Waals surface area contributed by atoms with Crippen LogP contribution in [0.15, 0.2) is 47.6 Å². The predicted molar refractivity (Wildman–Crippen MR) is 63.9 cm³/mol. The lowest BCUT2D eigenvalue weighted by Crippen LogP contribution is -2.13. The number of fused-ring (bicyclic) bond motifs is 1. The van der Waals surface area contributed by atoms with Gasteiger partial charge in [0.05, 0.1) is 5.70 Å². The molecule has 0 unspecified atom stereocenters. The first-order chi connectivity index (χ1) is 7.70. The number of hydrogen-bond acceptors (Lipinski definition) is 3. The molecule has 0 aromatic carbocycles. The fourth-order valence-corrected chi connectivity index (χ4v) is 1.36. The lowest BCUT2D eigenvalue weighted by molar-refractivity contribution is 1.18. The van der Waals surface area contributed by atoms with Crippen molar-refractivity contribution < 1.29 is 0 Å². The van der Waals surface area contributed by atoms with E-state index in [0.717, 1.165) is 11.2 Å². The first kappa shape index (κ1) is 10.2. The van der Waals surface area contributed by atoms with Crippen molar-refractivity contribution in [2.75, 3.05) is 0 Å². The molecular formula is C11H13N5. The molecule has 0 aliphatic carbocycles. The largest absolute Gasteiger partial charge is 0.403 e. The third-order valence-corrected chi connectivity index (χ3v) is 2.23. The number of hydrogen-bond donors (Lipinski definition) is 2. The molecule has 0 spiro atoms. The average molecular weight is 215 g/mol. The van der Waals surface area contributed by atoms with Crippen molar-refractivity contribution in [1.29, 1.82) is 0 Å². The van der Waals surface area contributed by atoms with Crippen molar-refractivity contribution in [2.45, 2.75) is 6.92 Å². The van der Waals surface area contributed by atoms with Crippen LogP contribution in [0.4, 0.5) is 0 Å². The van der Waals surface area contributed by atoms with Gasteiger partial charge in [-0.05, 0) is 19.1 Å². The lowest BCUT2D eigenvalue weighted by Gasteiger charge is -2.01. The van der Waals surface area contributed by atoms with Gasteiger partial charge < -0.3 is 15.9 Å². The van der Waals surface area contributed by atoms with E-state index in [-0.39, 0.29) is 0 Å². The van der Waals surface area contributed by atoms with Crippen LogP contribution < -0.4 is 11.5 Å². The summed E-state index contributed by atoms with van der Waals surface area (Å²) in [6.45, 7) is 1.79. The number of aromatic nitrogens is 2. The molecule has 0 fully saturated rings. The lowest BCUT2D eigenvalue weighted by atomic mass is 10.2. The molecule has 2 heterocycles. The van der Waals surface area contributed by atoms with Gasteiger partial charge >= 0.3 is 0 Å². The third-order valence-electron chi connectivity index (χ3n) is 2.23. The van der Waals surface area contributed by atoms with E-state index in [1.165, 1.54) is 6.20 Å². The predicted octanol–water partition coefficient (Wildman–Crippen LogP) is 0.860. The van der Waals surface area contributed by atoms with Crippen LogP contribution in [0.3, 0.4) is 0 Å². The molecule has 2 aromatic heterocycles. The van der Waals surface area contributed by atoms with Crippen molar-refractivity contribution in [3.05, 3.63) is 48.2 Å². The van der Waals surface area contributed by atoms with Crippen LogP contribution in [0, 0.1) is 0 Å². The number of amidine groups is 1. The minimum atomic E-state index is 0.435. The third kappa shape index (κ3) is 1.88. The number of imidazole rings is 1. The summed E-state index contributed by atoms with van der Waals surface area (Å²) in [6, 6.07) is 3.76. The van der Waals surface area contributed by atoms with E-state index >= 15 is 0 Å². The van der Waals surface area contributed by atoms with Gasteiger partial charge in [0.2, 0.25) is 0 Å². The van der Waals surface area contributed by atoms with Crippen molar-refractivity contribution in [2.24, 2.45) is 16.5 Å². The molecule has 0 saturated heterocycles. The Morgan fingerprint density at radius 2 is 2.31 bits per heavy atom. The molecule has 5 heteroatoms. The van der Waals surface area contributed by atoms with Crippen molar-refractivity contribution in [1.82, 2.24) is 9.38 Å². The highest BCUT2D eigenvalue weighted by Gasteiger charge is 2.01. The van der Waals surface area contributed by atoms with Gasteiger partial charge in [-0.2, -0.15) is 0 Å². The summed E-state index contributed by atoms with van der Waals surface area (Å²) in [6.07, 6.45) is 6.91. The normalized spacial score (nSPS) is 13.3. The molecule has 0 atom stereocenters. The molecule has 16 heavy (non-hydrogen) atoms.